The van der Waals surface area contributed by atoms with Crippen LogP contribution < -0.4 is 4.90 Å². The van der Waals surface area contributed by atoms with Crippen molar-refractivity contribution < 1.29 is 0 Å². The van der Waals surface area contributed by atoms with Crippen LogP contribution >= 0.6 is 0 Å². The first-order valence-corrected chi connectivity index (χ1v) is 12.1. The summed E-state index contributed by atoms with van der Waals surface area (Å²) in [4.78, 5) is 2.18. The quantitative estimate of drug-likeness (QED) is 0.479. The van der Waals surface area contributed by atoms with Gasteiger partial charge in [-0.15, -0.1) is 5.92 Å². The molecule has 158 valence electrons. The average molecular weight is 400 g/mol. The van der Waals surface area contributed by atoms with Gasteiger partial charge in [-0.1, -0.05) is 36.6 Å². The Balaban J connectivity index is 1.41. The molecule has 30 heavy (non-hydrogen) atoms. The van der Waals surface area contributed by atoms with Crippen LogP contribution in [-0.2, 0) is 0 Å². The molecule has 0 spiro atoms. The third-order valence-corrected chi connectivity index (χ3v) is 9.04. The van der Waals surface area contributed by atoms with Gasteiger partial charge >= 0.3 is 0 Å². The lowest BCUT2D eigenvalue weighted by molar-refractivity contribution is 0.0956. The standard InChI is InChI=1S/C29H37N/c1-5-6-23-11-16-28-27-15-10-22-19-21(20-7-12-24(13-8-20)30(3)4)9-14-25(22)26(27)17-18-29(23,28)2/h7-8,12-13,19,21,23,27-28H,9-11,14-18H2,1-4H3/t21?,23-,27-,28+,29-/m1/s1. The molecule has 0 N–H and O–H groups in total. The van der Waals surface area contributed by atoms with Crippen molar-refractivity contribution in [1.82, 2.24) is 0 Å². The van der Waals surface area contributed by atoms with Crippen molar-refractivity contribution in [2.75, 3.05) is 19.0 Å². The van der Waals surface area contributed by atoms with E-state index in [1.54, 1.807) is 11.1 Å². The Labute approximate surface area is 183 Å². The SMILES string of the molecule is CC#C[C@@H]1CC[C@H]2[C@@H]3CCC4=CC(c5ccc(N(C)C)cc5)CCC4=C3CC[C@]12C. The Hall–Kier alpha value is -1.94. The molecule has 2 saturated carbocycles. The maximum absolute atomic E-state index is 3.59. The van der Waals surface area contributed by atoms with Gasteiger partial charge < -0.3 is 4.90 Å². The fourth-order valence-corrected chi connectivity index (χ4v) is 7.36. The molecule has 1 aromatic carbocycles. The Morgan fingerprint density at radius 2 is 1.77 bits per heavy atom. The molecule has 4 aliphatic carbocycles. The minimum absolute atomic E-state index is 0.463. The Kier molecular flexibility index (Phi) is 5.09. The third kappa shape index (κ3) is 3.15. The smallest absolute Gasteiger partial charge is 0.0361 e. The minimum Gasteiger partial charge on any atom is -0.378 e. The number of fused-ring (bicyclic) bond motifs is 4. The largest absolute Gasteiger partial charge is 0.378 e. The summed E-state index contributed by atoms with van der Waals surface area (Å²) in [6.07, 6.45) is 13.3. The predicted molar refractivity (Wildman–Crippen MR) is 128 cm³/mol. The molecule has 1 nitrogen and oxygen atoms in total. The second-order valence-corrected chi connectivity index (χ2v) is 10.6. The monoisotopic (exact) mass is 399 g/mol. The molecule has 0 aromatic heterocycles. The molecule has 0 saturated heterocycles. The van der Waals surface area contributed by atoms with Crippen LogP contribution in [0.1, 0.15) is 76.7 Å². The number of anilines is 1. The van der Waals surface area contributed by atoms with E-state index in [0.29, 0.717) is 17.3 Å². The van der Waals surface area contributed by atoms with E-state index < -0.39 is 0 Å². The topological polar surface area (TPSA) is 3.24 Å². The molecule has 0 heterocycles. The Morgan fingerprint density at radius 1 is 0.967 bits per heavy atom. The van der Waals surface area contributed by atoms with Crippen LogP contribution in [0.5, 0.6) is 0 Å². The summed E-state index contributed by atoms with van der Waals surface area (Å²) < 4.78 is 0. The lowest BCUT2D eigenvalue weighted by Gasteiger charge is -2.48. The molecule has 0 amide bonds. The van der Waals surface area contributed by atoms with E-state index in [2.05, 4.69) is 68.1 Å². The second-order valence-electron chi connectivity index (χ2n) is 10.6. The molecular formula is C29H37N. The highest BCUT2D eigenvalue weighted by Crippen LogP contribution is 2.62. The maximum atomic E-state index is 3.59. The molecule has 5 rings (SSSR count). The molecule has 2 fully saturated rings. The van der Waals surface area contributed by atoms with Crippen molar-refractivity contribution in [1.29, 1.82) is 0 Å². The summed E-state index contributed by atoms with van der Waals surface area (Å²) in [5.74, 6) is 9.78. The van der Waals surface area contributed by atoms with E-state index in [0.717, 1.165) is 11.8 Å². The molecular weight excluding hydrogens is 362 g/mol. The molecule has 1 heteroatoms. The first-order chi connectivity index (χ1) is 14.5. The van der Waals surface area contributed by atoms with Crippen molar-refractivity contribution >= 4 is 5.69 Å². The van der Waals surface area contributed by atoms with Crippen LogP contribution in [-0.4, -0.2) is 14.1 Å². The van der Waals surface area contributed by atoms with Crippen LogP contribution in [0.3, 0.4) is 0 Å². The summed E-state index contributed by atoms with van der Waals surface area (Å²) in [5.41, 5.74) is 8.58. The lowest BCUT2D eigenvalue weighted by atomic mass is 9.56. The van der Waals surface area contributed by atoms with E-state index in [-0.39, 0.29) is 0 Å². The molecule has 1 aromatic rings. The van der Waals surface area contributed by atoms with Gasteiger partial charge in [-0.2, -0.15) is 0 Å². The van der Waals surface area contributed by atoms with Gasteiger partial charge in [0.05, 0.1) is 0 Å². The van der Waals surface area contributed by atoms with Gasteiger partial charge in [0.2, 0.25) is 0 Å². The highest BCUT2D eigenvalue weighted by Gasteiger charge is 2.53. The number of rotatable bonds is 2. The summed E-state index contributed by atoms with van der Waals surface area (Å²) in [6.45, 7) is 4.60. The maximum Gasteiger partial charge on any atom is 0.0361 e. The summed E-state index contributed by atoms with van der Waals surface area (Å²) in [6, 6.07) is 9.24. The Morgan fingerprint density at radius 3 is 2.50 bits per heavy atom. The minimum atomic E-state index is 0.463. The van der Waals surface area contributed by atoms with Crippen molar-refractivity contribution in [3.8, 4) is 11.8 Å². The van der Waals surface area contributed by atoms with Crippen LogP contribution in [0.15, 0.2) is 47.1 Å². The van der Waals surface area contributed by atoms with E-state index in [1.807, 2.05) is 12.5 Å². The number of benzene rings is 1. The van der Waals surface area contributed by atoms with Crippen molar-refractivity contribution in [2.24, 2.45) is 23.2 Å². The number of allylic oxidation sites excluding steroid dienone is 4. The van der Waals surface area contributed by atoms with Gasteiger partial charge in [-0.3, -0.25) is 0 Å². The molecule has 0 aliphatic heterocycles. The summed E-state index contributed by atoms with van der Waals surface area (Å²) >= 11 is 0. The molecule has 0 radical (unpaired) electrons. The molecule has 4 aliphatic rings. The fourth-order valence-electron chi connectivity index (χ4n) is 7.36. The van der Waals surface area contributed by atoms with Crippen molar-refractivity contribution in [3.05, 3.63) is 52.6 Å². The fraction of sp³-hybridized carbons (Fsp3) is 0.586. The zero-order valence-electron chi connectivity index (χ0n) is 19.3. The first-order valence-electron chi connectivity index (χ1n) is 12.1. The lowest BCUT2D eigenvalue weighted by Crippen LogP contribution is -2.39. The van der Waals surface area contributed by atoms with Crippen LogP contribution in [0.2, 0.25) is 0 Å². The van der Waals surface area contributed by atoms with Gasteiger partial charge in [0.25, 0.3) is 0 Å². The second kappa shape index (κ2) is 7.64. The number of hydrogen-bond donors (Lipinski definition) is 0. The normalized spacial score (nSPS) is 34.9. The van der Waals surface area contributed by atoms with E-state index in [9.17, 15) is 0 Å². The average Bonchev–Trinajstić information content (AvgIpc) is 3.10. The van der Waals surface area contributed by atoms with Gasteiger partial charge in [0.1, 0.15) is 0 Å². The highest BCUT2D eigenvalue weighted by atomic mass is 15.1. The first kappa shape index (κ1) is 20.0. The van der Waals surface area contributed by atoms with Crippen molar-refractivity contribution in [3.63, 3.8) is 0 Å². The number of nitrogens with zero attached hydrogens (tertiary/aromatic N) is 1. The third-order valence-electron chi connectivity index (χ3n) is 9.04. The van der Waals surface area contributed by atoms with Gasteiger partial charge in [0, 0.05) is 31.6 Å². The van der Waals surface area contributed by atoms with Gasteiger partial charge in [-0.05, 0) is 104 Å². The van der Waals surface area contributed by atoms with Crippen molar-refractivity contribution in [2.45, 2.75) is 71.1 Å². The zero-order chi connectivity index (χ0) is 20.9. The van der Waals surface area contributed by atoms with Crippen LogP contribution in [0.4, 0.5) is 5.69 Å². The summed E-state index contributed by atoms with van der Waals surface area (Å²) in [5, 5.41) is 0. The molecule has 1 unspecified atom stereocenters. The van der Waals surface area contributed by atoms with Crippen LogP contribution in [0.25, 0.3) is 0 Å². The van der Waals surface area contributed by atoms with E-state index >= 15 is 0 Å². The van der Waals surface area contributed by atoms with Gasteiger partial charge in [0.15, 0.2) is 0 Å². The Bertz CT molecular complexity index is 935. The zero-order valence-corrected chi connectivity index (χ0v) is 19.3. The van der Waals surface area contributed by atoms with E-state index in [4.69, 9.17) is 0 Å². The molecule has 5 atom stereocenters. The van der Waals surface area contributed by atoms with Gasteiger partial charge in [-0.25, -0.2) is 0 Å². The summed E-state index contributed by atoms with van der Waals surface area (Å²) in [7, 11) is 4.23. The highest BCUT2D eigenvalue weighted by molar-refractivity contribution is 5.49. The predicted octanol–water partition coefficient (Wildman–Crippen LogP) is 7.11. The van der Waals surface area contributed by atoms with E-state index in [1.165, 1.54) is 62.6 Å². The number of hydrogen-bond acceptors (Lipinski definition) is 1. The molecule has 0 bridgehead atoms. The van der Waals surface area contributed by atoms with Crippen LogP contribution in [0, 0.1) is 35.0 Å².